The van der Waals surface area contributed by atoms with Gasteiger partial charge in [-0.15, -0.1) is 0 Å². The Hall–Kier alpha value is -4.46. The van der Waals surface area contributed by atoms with Crippen LogP contribution in [0.2, 0.25) is 0 Å². The molecule has 8 nitrogen and oxygen atoms in total. The van der Waals surface area contributed by atoms with Crippen molar-refractivity contribution in [3.63, 3.8) is 0 Å². The number of carbonyl (C=O) groups excluding carboxylic acids is 1. The van der Waals surface area contributed by atoms with Gasteiger partial charge in [0.05, 0.1) is 40.2 Å². The molecule has 1 atom stereocenters. The molecule has 5 rings (SSSR count). The van der Waals surface area contributed by atoms with Crippen LogP contribution in [0.1, 0.15) is 38.8 Å². The summed E-state index contributed by atoms with van der Waals surface area (Å²) in [5.74, 6) is 2.54. The van der Waals surface area contributed by atoms with Crippen molar-refractivity contribution >= 4 is 5.91 Å². The number of benzene rings is 3. The highest BCUT2D eigenvalue weighted by Crippen LogP contribution is 2.46. The van der Waals surface area contributed by atoms with E-state index in [9.17, 15) is 4.79 Å². The number of hydrogen-bond donors (Lipinski definition) is 1. The first kappa shape index (κ1) is 25.2. The van der Waals surface area contributed by atoms with E-state index < -0.39 is 6.04 Å². The summed E-state index contributed by atoms with van der Waals surface area (Å²) in [4.78, 5) is 15.7. The molecule has 0 fully saturated rings. The van der Waals surface area contributed by atoms with Crippen LogP contribution in [0.15, 0.2) is 60.7 Å². The van der Waals surface area contributed by atoms with E-state index in [2.05, 4.69) is 10.2 Å². The van der Waals surface area contributed by atoms with E-state index in [4.69, 9.17) is 18.9 Å². The van der Waals surface area contributed by atoms with Crippen LogP contribution in [-0.2, 0) is 6.42 Å². The smallest absolute Gasteiger partial charge is 0.273 e. The van der Waals surface area contributed by atoms with Gasteiger partial charge in [0.15, 0.2) is 11.5 Å². The summed E-state index contributed by atoms with van der Waals surface area (Å²) >= 11 is 0. The molecule has 0 bridgehead atoms. The third-order valence-electron chi connectivity index (χ3n) is 7.01. The molecule has 196 valence electrons. The second-order valence-corrected chi connectivity index (χ2v) is 9.18. The Labute approximate surface area is 222 Å². The Morgan fingerprint density at radius 3 is 2.26 bits per heavy atom. The van der Waals surface area contributed by atoms with E-state index in [1.165, 1.54) is 0 Å². The summed E-state index contributed by atoms with van der Waals surface area (Å²) in [6, 6.07) is 19.3. The number of amides is 1. The van der Waals surface area contributed by atoms with E-state index in [0.29, 0.717) is 41.7 Å². The van der Waals surface area contributed by atoms with Crippen molar-refractivity contribution in [1.29, 1.82) is 0 Å². The third kappa shape index (κ3) is 4.42. The van der Waals surface area contributed by atoms with Gasteiger partial charge in [-0.2, -0.15) is 5.10 Å². The lowest BCUT2D eigenvalue weighted by Gasteiger charge is -2.28. The fourth-order valence-electron chi connectivity index (χ4n) is 5.01. The number of aromatic amines is 1. The highest BCUT2D eigenvalue weighted by Gasteiger charge is 2.43. The van der Waals surface area contributed by atoms with Gasteiger partial charge in [-0.25, -0.2) is 0 Å². The SMILES string of the molecule is COc1ccc(C2c3c(-c4ccc(C)cc4)n[nH]c3C(=O)N2CCc2ccc(OC)c(OC)c2)c(OC)c1. The molecule has 0 aliphatic carbocycles. The van der Waals surface area contributed by atoms with Crippen molar-refractivity contribution in [3.05, 3.63) is 88.6 Å². The van der Waals surface area contributed by atoms with Crippen LogP contribution < -0.4 is 18.9 Å². The minimum atomic E-state index is -0.395. The first-order valence-electron chi connectivity index (χ1n) is 12.4. The van der Waals surface area contributed by atoms with Crippen molar-refractivity contribution in [2.45, 2.75) is 19.4 Å². The highest BCUT2D eigenvalue weighted by molar-refractivity contribution is 6.00. The number of rotatable bonds is 9. The molecule has 0 saturated heterocycles. The molecule has 1 unspecified atom stereocenters. The molecular weight excluding hydrogens is 482 g/mol. The lowest BCUT2D eigenvalue weighted by atomic mass is 9.94. The van der Waals surface area contributed by atoms with Crippen LogP contribution in [0.25, 0.3) is 11.3 Å². The molecule has 1 amide bonds. The van der Waals surface area contributed by atoms with Gasteiger partial charge in [0.1, 0.15) is 17.2 Å². The van der Waals surface area contributed by atoms with E-state index >= 15 is 0 Å². The van der Waals surface area contributed by atoms with Gasteiger partial charge in [0.2, 0.25) is 0 Å². The maximum absolute atomic E-state index is 13.8. The average molecular weight is 514 g/mol. The molecule has 1 aromatic heterocycles. The Morgan fingerprint density at radius 1 is 0.842 bits per heavy atom. The molecule has 3 aromatic carbocycles. The van der Waals surface area contributed by atoms with Gasteiger partial charge in [0.25, 0.3) is 5.91 Å². The second kappa shape index (κ2) is 10.5. The summed E-state index contributed by atoms with van der Waals surface area (Å²) in [6.45, 7) is 2.52. The summed E-state index contributed by atoms with van der Waals surface area (Å²) in [6.07, 6.45) is 0.624. The van der Waals surface area contributed by atoms with Gasteiger partial charge in [-0.1, -0.05) is 35.9 Å². The molecule has 1 aliphatic rings. The number of aryl methyl sites for hydroxylation is 1. The van der Waals surface area contributed by atoms with Crippen LogP contribution in [0.4, 0.5) is 0 Å². The predicted octanol–water partition coefficient (Wildman–Crippen LogP) is 5.21. The Bertz CT molecular complexity index is 1460. The highest BCUT2D eigenvalue weighted by atomic mass is 16.5. The summed E-state index contributed by atoms with van der Waals surface area (Å²) < 4.78 is 22.1. The fourth-order valence-corrected chi connectivity index (χ4v) is 5.01. The average Bonchev–Trinajstić information content (AvgIpc) is 3.50. The molecule has 8 heteroatoms. The number of nitrogens with zero attached hydrogens (tertiary/aromatic N) is 2. The van der Waals surface area contributed by atoms with E-state index in [0.717, 1.165) is 33.5 Å². The first-order valence-corrected chi connectivity index (χ1v) is 12.4. The minimum Gasteiger partial charge on any atom is -0.497 e. The molecule has 4 aromatic rings. The lowest BCUT2D eigenvalue weighted by Crippen LogP contribution is -2.31. The van der Waals surface area contributed by atoms with Crippen molar-refractivity contribution in [2.75, 3.05) is 35.0 Å². The largest absolute Gasteiger partial charge is 0.497 e. The van der Waals surface area contributed by atoms with Crippen LogP contribution in [0.3, 0.4) is 0 Å². The first-order chi connectivity index (χ1) is 18.5. The number of carbonyl (C=O) groups is 1. The van der Waals surface area contributed by atoms with E-state index in [1.807, 2.05) is 72.5 Å². The molecule has 1 N–H and O–H groups in total. The maximum Gasteiger partial charge on any atom is 0.273 e. The molecule has 0 saturated carbocycles. The van der Waals surface area contributed by atoms with Crippen LogP contribution in [-0.4, -0.2) is 56.0 Å². The zero-order valence-corrected chi connectivity index (χ0v) is 22.2. The number of aromatic nitrogens is 2. The summed E-state index contributed by atoms with van der Waals surface area (Å²) in [7, 11) is 6.47. The van der Waals surface area contributed by atoms with Crippen molar-refractivity contribution in [3.8, 4) is 34.3 Å². The van der Waals surface area contributed by atoms with Crippen molar-refractivity contribution < 1.29 is 23.7 Å². The molecule has 0 radical (unpaired) electrons. The van der Waals surface area contributed by atoms with Crippen molar-refractivity contribution in [2.24, 2.45) is 0 Å². The zero-order chi connectivity index (χ0) is 26.8. The number of H-pyrrole nitrogens is 1. The number of hydrogen-bond acceptors (Lipinski definition) is 6. The Balaban J connectivity index is 1.58. The Morgan fingerprint density at radius 2 is 1.58 bits per heavy atom. The van der Waals surface area contributed by atoms with E-state index in [-0.39, 0.29) is 5.91 Å². The molecule has 0 spiro atoms. The quantitative estimate of drug-likeness (QED) is 0.331. The van der Waals surface area contributed by atoms with Gasteiger partial charge < -0.3 is 23.8 Å². The lowest BCUT2D eigenvalue weighted by molar-refractivity contribution is 0.0744. The fraction of sp³-hybridized carbons (Fsp3) is 0.267. The van der Waals surface area contributed by atoms with Crippen LogP contribution >= 0.6 is 0 Å². The zero-order valence-electron chi connectivity index (χ0n) is 22.2. The van der Waals surface area contributed by atoms with Gasteiger partial charge in [0, 0.05) is 29.3 Å². The number of methoxy groups -OCH3 is 4. The van der Waals surface area contributed by atoms with Gasteiger partial charge in [-0.05, 0) is 43.2 Å². The minimum absolute atomic E-state index is 0.103. The summed E-state index contributed by atoms with van der Waals surface area (Å²) in [5, 5.41) is 7.61. The monoisotopic (exact) mass is 513 g/mol. The molecule has 1 aliphatic heterocycles. The van der Waals surface area contributed by atoms with Gasteiger partial charge >= 0.3 is 0 Å². The topological polar surface area (TPSA) is 85.9 Å². The van der Waals surface area contributed by atoms with Crippen LogP contribution in [0.5, 0.6) is 23.0 Å². The normalized spacial score (nSPS) is 14.4. The summed E-state index contributed by atoms with van der Waals surface area (Å²) in [5.41, 5.74) is 6.09. The molecule has 2 heterocycles. The van der Waals surface area contributed by atoms with Gasteiger partial charge in [-0.3, -0.25) is 9.89 Å². The predicted molar refractivity (Wildman–Crippen MR) is 144 cm³/mol. The second-order valence-electron chi connectivity index (χ2n) is 9.18. The van der Waals surface area contributed by atoms with E-state index in [1.54, 1.807) is 28.4 Å². The standard InChI is InChI=1S/C30H31N3O5/c1-18-6-9-20(10-7-18)27-26-28(32-31-27)30(34)33(15-14-19-8-13-23(36-3)25(16-19)38-5)29(26)22-12-11-21(35-2)17-24(22)37-4/h6-13,16-17,29H,14-15H2,1-5H3,(H,31,32). The third-order valence-corrected chi connectivity index (χ3v) is 7.01. The number of ether oxygens (including phenoxy) is 4. The maximum atomic E-state index is 13.8. The Kier molecular flexibility index (Phi) is 6.96. The van der Waals surface area contributed by atoms with Crippen molar-refractivity contribution in [1.82, 2.24) is 15.1 Å². The molecular formula is C30H31N3O5. The number of nitrogens with one attached hydrogen (secondary N) is 1. The molecule has 38 heavy (non-hydrogen) atoms. The van der Waals surface area contributed by atoms with Crippen LogP contribution in [0, 0.1) is 6.92 Å². The number of fused-ring (bicyclic) bond motifs is 1.